The third kappa shape index (κ3) is 3.57. The van der Waals surface area contributed by atoms with Crippen LogP contribution in [0.2, 0.25) is 0 Å². The van der Waals surface area contributed by atoms with Gasteiger partial charge in [-0.25, -0.2) is 15.2 Å². The van der Waals surface area contributed by atoms with Gasteiger partial charge in [-0.3, -0.25) is 5.32 Å². The first-order valence-corrected chi connectivity index (χ1v) is 8.29. The summed E-state index contributed by atoms with van der Waals surface area (Å²) in [6, 6.07) is 0.386. The van der Waals surface area contributed by atoms with Gasteiger partial charge >= 0.3 is 0 Å². The highest BCUT2D eigenvalue weighted by atomic mass is 16.5. The fraction of sp³-hybridized carbons (Fsp3) is 0.929. The number of nitrogens with one attached hydrogen (secondary N) is 4. The molecule has 0 aromatic heterocycles. The minimum Gasteiger partial charge on any atom is -0.388 e. The van der Waals surface area contributed by atoms with Gasteiger partial charge in [-0.05, 0) is 0 Å². The van der Waals surface area contributed by atoms with E-state index in [9.17, 15) is 10.2 Å². The van der Waals surface area contributed by atoms with Crippen LogP contribution in [0, 0.1) is 0 Å². The number of nitrogens with two attached hydrogens (primary N) is 1. The summed E-state index contributed by atoms with van der Waals surface area (Å²) in [7, 11) is 0. The molecule has 0 amide bonds. The Balaban J connectivity index is 1.65. The van der Waals surface area contributed by atoms with Crippen molar-refractivity contribution in [3.05, 3.63) is 0 Å². The largest absolute Gasteiger partial charge is 0.388 e. The van der Waals surface area contributed by atoms with Gasteiger partial charge in [0.05, 0.1) is 18.9 Å². The van der Waals surface area contributed by atoms with Crippen LogP contribution in [0.15, 0.2) is 0 Å². The molecule has 3 aliphatic rings. The Morgan fingerprint density at radius 1 is 1.30 bits per heavy atom. The van der Waals surface area contributed by atoms with Crippen LogP contribution < -0.4 is 27.0 Å². The van der Waals surface area contributed by atoms with E-state index < -0.39 is 24.4 Å². The first-order valence-electron chi connectivity index (χ1n) is 8.29. The predicted molar refractivity (Wildman–Crippen MR) is 84.8 cm³/mol. The number of fused-ring (bicyclic) bond motifs is 1. The molecule has 0 aromatic rings. The van der Waals surface area contributed by atoms with Gasteiger partial charge in [0.25, 0.3) is 0 Å². The normalized spacial score (nSPS) is 45.8. The molecule has 9 heteroatoms. The van der Waals surface area contributed by atoms with Crippen LogP contribution in [-0.4, -0.2) is 89.7 Å². The average molecular weight is 329 g/mol. The Kier molecular flexibility index (Phi) is 5.29. The molecule has 23 heavy (non-hydrogen) atoms. The van der Waals surface area contributed by atoms with Crippen molar-refractivity contribution in [2.75, 3.05) is 19.9 Å². The molecule has 3 heterocycles. The molecule has 3 aliphatic heterocycles. The van der Waals surface area contributed by atoms with Crippen molar-refractivity contribution in [1.82, 2.24) is 21.3 Å². The molecular formula is C14H29N6O3+. The van der Waals surface area contributed by atoms with Crippen molar-refractivity contribution in [2.24, 2.45) is 5.73 Å². The number of hydrogen-bond acceptors (Lipinski definition) is 8. The van der Waals surface area contributed by atoms with E-state index in [-0.39, 0.29) is 18.4 Å². The second kappa shape index (κ2) is 7.08. The van der Waals surface area contributed by atoms with Gasteiger partial charge in [0.2, 0.25) is 6.17 Å². The summed E-state index contributed by atoms with van der Waals surface area (Å²) >= 11 is 0. The summed E-state index contributed by atoms with van der Waals surface area (Å²) in [5.74, 6) is 0. The van der Waals surface area contributed by atoms with E-state index in [1.807, 2.05) is 24.6 Å². The average Bonchev–Trinajstić information content (AvgIpc) is 3.03. The van der Waals surface area contributed by atoms with Gasteiger partial charge in [-0.1, -0.05) is 13.8 Å². The minimum atomic E-state index is -0.927. The molecule has 0 bridgehead atoms. The topological polar surface area (TPSA) is 127 Å². The molecule has 8 N–H and O–H groups in total. The SMILES string of the molecule is CC(C)NCC1OC(C=[N+]2CNC3C(N)NCNC32)C(O)C1O. The molecule has 0 aliphatic carbocycles. The van der Waals surface area contributed by atoms with E-state index in [0.717, 1.165) is 0 Å². The maximum absolute atomic E-state index is 10.3. The maximum Gasteiger partial charge on any atom is 0.227 e. The molecule has 9 nitrogen and oxygen atoms in total. The molecule has 7 unspecified atom stereocenters. The van der Waals surface area contributed by atoms with Crippen LogP contribution in [-0.2, 0) is 4.74 Å². The zero-order chi connectivity index (χ0) is 16.6. The molecular weight excluding hydrogens is 300 g/mol. The van der Waals surface area contributed by atoms with Crippen molar-refractivity contribution in [2.45, 2.75) is 62.7 Å². The standard InChI is InChI=1S/C14H29N6O3/c1-7(2)16-3-8-11(21)12(22)9(23-8)4-20-6-19-10-13(15)17-5-18-14(10)20/h4,7-14,16-19,21-22H,3,5-6,15H2,1-2H3/q+1. The lowest BCUT2D eigenvalue weighted by atomic mass is 10.1. The first kappa shape index (κ1) is 17.2. The second-order valence-corrected chi connectivity index (χ2v) is 6.79. The van der Waals surface area contributed by atoms with Crippen molar-refractivity contribution < 1.29 is 19.5 Å². The van der Waals surface area contributed by atoms with E-state index in [1.54, 1.807) is 0 Å². The summed E-state index contributed by atoms with van der Waals surface area (Å²) in [5, 5.41) is 33.5. The van der Waals surface area contributed by atoms with Crippen LogP contribution >= 0.6 is 0 Å². The predicted octanol–water partition coefficient (Wildman–Crippen LogP) is -3.75. The smallest absolute Gasteiger partial charge is 0.227 e. The Morgan fingerprint density at radius 3 is 2.83 bits per heavy atom. The Labute approximate surface area is 136 Å². The fourth-order valence-electron chi connectivity index (χ4n) is 3.36. The Hall–Kier alpha value is -0.650. The summed E-state index contributed by atoms with van der Waals surface area (Å²) in [6.07, 6.45) is -0.984. The highest BCUT2D eigenvalue weighted by Gasteiger charge is 2.47. The van der Waals surface area contributed by atoms with E-state index in [1.165, 1.54) is 0 Å². The summed E-state index contributed by atoms with van der Waals surface area (Å²) in [4.78, 5) is 0. The van der Waals surface area contributed by atoms with Crippen molar-refractivity contribution >= 4 is 6.21 Å². The molecule has 3 rings (SSSR count). The lowest BCUT2D eigenvalue weighted by Gasteiger charge is -2.29. The van der Waals surface area contributed by atoms with E-state index in [0.29, 0.717) is 25.9 Å². The molecule has 132 valence electrons. The van der Waals surface area contributed by atoms with Crippen molar-refractivity contribution in [1.29, 1.82) is 0 Å². The molecule has 0 radical (unpaired) electrons. The highest BCUT2D eigenvalue weighted by molar-refractivity contribution is 5.60. The molecule has 7 atom stereocenters. The number of hydrogen-bond donors (Lipinski definition) is 7. The zero-order valence-corrected chi connectivity index (χ0v) is 13.6. The van der Waals surface area contributed by atoms with Gasteiger partial charge in [-0.2, -0.15) is 0 Å². The molecule has 3 fully saturated rings. The maximum atomic E-state index is 10.3. The number of rotatable bonds is 4. The second-order valence-electron chi connectivity index (χ2n) is 6.79. The lowest BCUT2D eigenvalue weighted by Crippen LogP contribution is -2.66. The zero-order valence-electron chi connectivity index (χ0n) is 13.6. The van der Waals surface area contributed by atoms with Crippen molar-refractivity contribution in [3.63, 3.8) is 0 Å². The Bertz CT molecular complexity index is 448. The quantitative estimate of drug-likeness (QED) is 0.262. The lowest BCUT2D eigenvalue weighted by molar-refractivity contribution is -0.552. The number of ether oxygens (including phenoxy) is 1. The van der Waals surface area contributed by atoms with Gasteiger partial charge in [-0.15, -0.1) is 0 Å². The molecule has 0 aromatic carbocycles. The summed E-state index contributed by atoms with van der Waals surface area (Å²) in [6.45, 7) is 5.83. The highest BCUT2D eigenvalue weighted by Crippen LogP contribution is 2.21. The molecule has 0 saturated carbocycles. The fourth-order valence-corrected chi connectivity index (χ4v) is 3.36. The number of aliphatic hydroxyl groups is 2. The Morgan fingerprint density at radius 2 is 2.09 bits per heavy atom. The van der Waals surface area contributed by atoms with Crippen LogP contribution in [0.4, 0.5) is 0 Å². The van der Waals surface area contributed by atoms with Gasteiger partial charge < -0.3 is 26.0 Å². The third-order valence-electron chi connectivity index (χ3n) is 4.71. The van der Waals surface area contributed by atoms with E-state index in [4.69, 9.17) is 10.5 Å². The summed E-state index contributed by atoms with van der Waals surface area (Å²) in [5.41, 5.74) is 6.05. The minimum absolute atomic E-state index is 0.0482. The van der Waals surface area contributed by atoms with Crippen molar-refractivity contribution in [3.8, 4) is 0 Å². The monoisotopic (exact) mass is 329 g/mol. The van der Waals surface area contributed by atoms with Gasteiger partial charge in [0, 0.05) is 12.6 Å². The number of aliphatic hydroxyl groups excluding tert-OH is 2. The van der Waals surface area contributed by atoms with Crippen LogP contribution in [0.1, 0.15) is 13.8 Å². The number of nitrogens with zero attached hydrogens (tertiary/aromatic N) is 1. The van der Waals surface area contributed by atoms with Crippen LogP contribution in [0.3, 0.4) is 0 Å². The summed E-state index contributed by atoms with van der Waals surface area (Å²) < 4.78 is 7.89. The first-order chi connectivity index (χ1) is 11.0. The van der Waals surface area contributed by atoms with E-state index >= 15 is 0 Å². The van der Waals surface area contributed by atoms with Gasteiger partial charge in [0.1, 0.15) is 18.2 Å². The van der Waals surface area contributed by atoms with Gasteiger partial charge in [0.15, 0.2) is 19.0 Å². The van der Waals surface area contributed by atoms with E-state index in [2.05, 4.69) is 21.3 Å². The van der Waals surface area contributed by atoms with Crippen LogP contribution in [0.25, 0.3) is 0 Å². The molecule has 3 saturated heterocycles. The molecule has 0 spiro atoms. The third-order valence-corrected chi connectivity index (χ3v) is 4.71. The van der Waals surface area contributed by atoms with Crippen LogP contribution in [0.5, 0.6) is 0 Å².